The van der Waals surface area contributed by atoms with Crippen molar-refractivity contribution < 1.29 is 14.6 Å². The van der Waals surface area contributed by atoms with Crippen LogP contribution in [0.3, 0.4) is 0 Å². The highest BCUT2D eigenvalue weighted by molar-refractivity contribution is 6.00. The first-order valence-electron chi connectivity index (χ1n) is 9.38. The third-order valence-electron chi connectivity index (χ3n) is 4.77. The third kappa shape index (κ3) is 3.88. The number of aliphatic hydroxyl groups is 1. The molecule has 0 aliphatic carbocycles. The molecule has 1 aliphatic rings. The van der Waals surface area contributed by atoms with E-state index in [1.807, 2.05) is 12.1 Å². The van der Waals surface area contributed by atoms with Crippen LogP contribution in [0.5, 0.6) is 5.75 Å². The Kier molecular flexibility index (Phi) is 5.89. The second-order valence-electron chi connectivity index (χ2n) is 6.73. The zero-order valence-electron chi connectivity index (χ0n) is 15.2. The number of pyridine rings is 1. The number of fused-ring (bicyclic) bond motifs is 1. The Morgan fingerprint density at radius 3 is 2.81 bits per heavy atom. The molecule has 2 aromatic rings. The Hall–Kier alpha value is -2.40. The molecule has 0 radical (unpaired) electrons. The fourth-order valence-corrected chi connectivity index (χ4v) is 3.30. The molecule has 1 aliphatic heterocycles. The first kappa shape index (κ1) is 18.4. The van der Waals surface area contributed by atoms with Crippen molar-refractivity contribution in [2.24, 2.45) is 0 Å². The van der Waals surface area contributed by atoms with Gasteiger partial charge in [-0.1, -0.05) is 51.2 Å². The van der Waals surface area contributed by atoms with Gasteiger partial charge in [0.1, 0.15) is 5.75 Å². The lowest BCUT2D eigenvalue weighted by molar-refractivity contribution is 0.0474. The fraction of sp³-hybridized carbons (Fsp3) is 0.429. The quantitative estimate of drug-likeness (QED) is 0.673. The Labute approximate surface area is 154 Å². The number of ether oxygens (including phenoxy) is 1. The maximum Gasteiger partial charge on any atom is 0.256 e. The van der Waals surface area contributed by atoms with E-state index in [4.69, 9.17) is 4.74 Å². The van der Waals surface area contributed by atoms with Crippen LogP contribution in [0.1, 0.15) is 66.9 Å². The van der Waals surface area contributed by atoms with Crippen molar-refractivity contribution in [1.29, 1.82) is 0 Å². The second-order valence-corrected chi connectivity index (χ2v) is 6.73. The molecule has 2 heterocycles. The number of nitrogens with one attached hydrogen (secondary N) is 1. The molecule has 0 saturated carbocycles. The Morgan fingerprint density at radius 1 is 1.15 bits per heavy atom. The summed E-state index contributed by atoms with van der Waals surface area (Å²) in [5.74, 6) is 0.371. The molecular weight excluding hydrogens is 328 g/mol. The minimum absolute atomic E-state index is 0.325. The highest BCUT2D eigenvalue weighted by atomic mass is 16.5. The third-order valence-corrected chi connectivity index (χ3v) is 4.77. The van der Waals surface area contributed by atoms with Crippen LogP contribution in [-0.2, 0) is 5.72 Å². The molecule has 2 N–H and O–H groups in total. The first-order chi connectivity index (χ1) is 12.6. The number of carbonyl (C=O) groups is 1. The summed E-state index contributed by atoms with van der Waals surface area (Å²) in [6, 6.07) is 8.93. The lowest BCUT2D eigenvalue weighted by Gasteiger charge is -2.24. The number of rotatable bonds is 9. The van der Waals surface area contributed by atoms with E-state index >= 15 is 0 Å². The maximum atomic E-state index is 12.1. The van der Waals surface area contributed by atoms with E-state index < -0.39 is 5.72 Å². The minimum Gasteiger partial charge on any atom is -0.494 e. The van der Waals surface area contributed by atoms with Crippen LogP contribution in [-0.4, -0.2) is 22.6 Å². The number of benzene rings is 1. The van der Waals surface area contributed by atoms with Gasteiger partial charge in [0.15, 0.2) is 5.72 Å². The Bertz CT molecular complexity index is 762. The summed E-state index contributed by atoms with van der Waals surface area (Å²) < 4.78 is 5.84. The van der Waals surface area contributed by atoms with Gasteiger partial charge in [-0.2, -0.15) is 0 Å². The molecule has 0 bridgehead atoms. The van der Waals surface area contributed by atoms with E-state index in [2.05, 4.69) is 17.2 Å². The van der Waals surface area contributed by atoms with Crippen LogP contribution in [0.15, 0.2) is 42.7 Å². The highest BCUT2D eigenvalue weighted by Crippen LogP contribution is 2.35. The van der Waals surface area contributed by atoms with Crippen molar-refractivity contribution in [1.82, 2.24) is 10.3 Å². The van der Waals surface area contributed by atoms with Crippen molar-refractivity contribution in [3.63, 3.8) is 0 Å². The molecule has 5 nitrogen and oxygen atoms in total. The number of hydrogen-bond donors (Lipinski definition) is 2. The number of aromatic nitrogens is 1. The van der Waals surface area contributed by atoms with Crippen molar-refractivity contribution in [2.75, 3.05) is 6.61 Å². The monoisotopic (exact) mass is 354 g/mol. The lowest BCUT2D eigenvalue weighted by atomic mass is 9.95. The van der Waals surface area contributed by atoms with Gasteiger partial charge < -0.3 is 15.2 Å². The smallest absolute Gasteiger partial charge is 0.256 e. The van der Waals surface area contributed by atoms with Gasteiger partial charge in [0.2, 0.25) is 0 Å². The van der Waals surface area contributed by atoms with E-state index in [0.717, 1.165) is 6.42 Å². The van der Waals surface area contributed by atoms with Gasteiger partial charge in [-0.25, -0.2) is 0 Å². The van der Waals surface area contributed by atoms with E-state index in [9.17, 15) is 9.90 Å². The van der Waals surface area contributed by atoms with Crippen LogP contribution in [0.25, 0.3) is 0 Å². The molecule has 0 fully saturated rings. The van der Waals surface area contributed by atoms with Gasteiger partial charge in [-0.05, 0) is 24.6 Å². The van der Waals surface area contributed by atoms with Crippen LogP contribution < -0.4 is 10.1 Å². The predicted molar refractivity (Wildman–Crippen MR) is 100 cm³/mol. The van der Waals surface area contributed by atoms with Gasteiger partial charge in [0.25, 0.3) is 5.91 Å². The SMILES string of the molecule is CCCCCCCCOc1cccc(C2(O)NC(=O)c3cnccc32)c1. The molecular formula is C21H26N2O3. The lowest BCUT2D eigenvalue weighted by Crippen LogP contribution is -2.40. The Balaban J connectivity index is 1.64. The van der Waals surface area contributed by atoms with Crippen LogP contribution in [0.2, 0.25) is 0 Å². The van der Waals surface area contributed by atoms with Crippen LogP contribution >= 0.6 is 0 Å². The van der Waals surface area contributed by atoms with Gasteiger partial charge in [0, 0.05) is 23.5 Å². The normalized spacial score (nSPS) is 18.5. The standard InChI is InChI=1S/C21H26N2O3/c1-2-3-4-5-6-7-13-26-17-10-8-9-16(14-17)21(25)19-11-12-22-15-18(19)20(24)23-21/h8-12,14-15,25H,2-7,13H2,1H3,(H,23,24). The zero-order chi connectivity index (χ0) is 18.4. The average Bonchev–Trinajstić information content (AvgIpc) is 2.93. The average molecular weight is 354 g/mol. The van der Waals surface area contributed by atoms with Gasteiger partial charge >= 0.3 is 0 Å². The summed E-state index contributed by atoms with van der Waals surface area (Å²) in [4.78, 5) is 16.1. The van der Waals surface area contributed by atoms with Gasteiger partial charge in [0.05, 0.1) is 12.2 Å². The van der Waals surface area contributed by atoms with Crippen molar-refractivity contribution in [2.45, 2.75) is 51.2 Å². The molecule has 3 rings (SSSR count). The molecule has 1 amide bonds. The summed E-state index contributed by atoms with van der Waals surface area (Å²) in [5.41, 5.74) is -0.0512. The summed E-state index contributed by atoms with van der Waals surface area (Å²) in [5, 5.41) is 13.7. The summed E-state index contributed by atoms with van der Waals surface area (Å²) >= 11 is 0. The zero-order valence-corrected chi connectivity index (χ0v) is 15.2. The molecule has 1 atom stereocenters. The van der Waals surface area contributed by atoms with Crippen LogP contribution in [0.4, 0.5) is 0 Å². The van der Waals surface area contributed by atoms with Gasteiger partial charge in [-0.15, -0.1) is 0 Å². The molecule has 138 valence electrons. The fourth-order valence-electron chi connectivity index (χ4n) is 3.30. The highest BCUT2D eigenvalue weighted by Gasteiger charge is 2.43. The summed E-state index contributed by atoms with van der Waals surface area (Å²) in [7, 11) is 0. The van der Waals surface area contributed by atoms with Gasteiger partial charge in [-0.3, -0.25) is 9.78 Å². The number of hydrogen-bond acceptors (Lipinski definition) is 4. The van der Waals surface area contributed by atoms with Crippen molar-refractivity contribution >= 4 is 5.91 Å². The topological polar surface area (TPSA) is 71.5 Å². The molecule has 1 aromatic heterocycles. The number of unbranched alkanes of at least 4 members (excludes halogenated alkanes) is 5. The predicted octanol–water partition coefficient (Wildman–Crippen LogP) is 3.76. The summed E-state index contributed by atoms with van der Waals surface area (Å²) in [6.07, 6.45) is 10.3. The summed E-state index contributed by atoms with van der Waals surface area (Å²) in [6.45, 7) is 2.87. The van der Waals surface area contributed by atoms with E-state index in [1.54, 1.807) is 24.4 Å². The van der Waals surface area contributed by atoms with Crippen LogP contribution in [0, 0.1) is 0 Å². The molecule has 5 heteroatoms. The second kappa shape index (κ2) is 8.32. The van der Waals surface area contributed by atoms with E-state index in [1.165, 1.54) is 38.3 Å². The van der Waals surface area contributed by atoms with E-state index in [-0.39, 0.29) is 5.91 Å². The van der Waals surface area contributed by atoms with Crippen molar-refractivity contribution in [3.05, 3.63) is 59.4 Å². The molecule has 26 heavy (non-hydrogen) atoms. The Morgan fingerprint density at radius 2 is 1.96 bits per heavy atom. The molecule has 0 spiro atoms. The largest absolute Gasteiger partial charge is 0.494 e. The minimum atomic E-state index is -1.55. The first-order valence-corrected chi connectivity index (χ1v) is 9.38. The number of carbonyl (C=O) groups excluding carboxylic acids is 1. The molecule has 1 aromatic carbocycles. The molecule has 1 unspecified atom stereocenters. The van der Waals surface area contributed by atoms with Crippen molar-refractivity contribution in [3.8, 4) is 5.75 Å². The molecule has 0 saturated heterocycles. The number of amides is 1. The maximum absolute atomic E-state index is 12.1. The van der Waals surface area contributed by atoms with E-state index in [0.29, 0.717) is 29.0 Å². The number of nitrogens with zero attached hydrogens (tertiary/aromatic N) is 1.